The van der Waals surface area contributed by atoms with E-state index >= 15 is 0 Å². The van der Waals surface area contributed by atoms with E-state index in [4.69, 9.17) is 0 Å². The van der Waals surface area contributed by atoms with Gasteiger partial charge in [-0.15, -0.1) is 0 Å². The minimum absolute atomic E-state index is 0.572. The predicted molar refractivity (Wildman–Crippen MR) is 74.7 cm³/mol. The first-order chi connectivity index (χ1) is 8.28. The van der Waals surface area contributed by atoms with Gasteiger partial charge in [-0.2, -0.15) is 0 Å². The largest absolute Gasteiger partial charge is 0.389 e. The second kappa shape index (κ2) is 6.33. The maximum absolute atomic E-state index is 10.1. The topological polar surface area (TPSA) is 46.9 Å². The second-order valence-corrected chi connectivity index (χ2v) is 6.25. The fourth-order valence-corrected chi connectivity index (χ4v) is 2.29. The average Bonchev–Trinajstić information content (AvgIpc) is 2.31. The van der Waals surface area contributed by atoms with Gasteiger partial charge in [0.15, 0.2) is 0 Å². The first-order valence-electron chi connectivity index (χ1n) is 7.17. The molecule has 0 amide bonds. The van der Waals surface area contributed by atoms with Crippen molar-refractivity contribution in [2.45, 2.75) is 51.7 Å². The summed E-state index contributed by atoms with van der Waals surface area (Å²) < 4.78 is 0. The molecule has 0 aromatic heterocycles. The molecular weight excluding hydrogens is 228 g/mol. The molecule has 1 aliphatic rings. The highest BCUT2D eigenvalue weighted by atomic mass is 16.3. The van der Waals surface area contributed by atoms with Crippen LogP contribution >= 0.6 is 0 Å². The van der Waals surface area contributed by atoms with Gasteiger partial charge in [-0.25, -0.2) is 0 Å². The van der Waals surface area contributed by atoms with Crippen LogP contribution in [0.2, 0.25) is 0 Å². The molecule has 0 spiro atoms. The van der Waals surface area contributed by atoms with Crippen molar-refractivity contribution in [1.29, 1.82) is 0 Å². The lowest BCUT2D eigenvalue weighted by Crippen LogP contribution is -2.53. The minimum atomic E-state index is -0.572. The van der Waals surface area contributed by atoms with Crippen molar-refractivity contribution in [2.75, 3.05) is 39.3 Å². The van der Waals surface area contributed by atoms with Crippen LogP contribution in [0.5, 0.6) is 0 Å². The van der Waals surface area contributed by atoms with Gasteiger partial charge in [0.05, 0.1) is 11.2 Å². The van der Waals surface area contributed by atoms with Crippen LogP contribution in [0.15, 0.2) is 0 Å². The number of nitrogens with zero attached hydrogens (tertiary/aromatic N) is 2. The number of hydrogen-bond donors (Lipinski definition) is 2. The van der Waals surface area contributed by atoms with Crippen LogP contribution in [0.1, 0.15) is 40.5 Å². The Morgan fingerprint density at radius 2 is 1.06 bits per heavy atom. The Bertz CT molecular complexity index is 220. The molecule has 18 heavy (non-hydrogen) atoms. The molecule has 0 bridgehead atoms. The quantitative estimate of drug-likeness (QED) is 0.744. The molecule has 0 aromatic carbocycles. The summed E-state index contributed by atoms with van der Waals surface area (Å²) in [4.78, 5) is 4.64. The fourth-order valence-electron chi connectivity index (χ4n) is 2.29. The molecule has 1 heterocycles. The van der Waals surface area contributed by atoms with Crippen molar-refractivity contribution < 1.29 is 10.2 Å². The zero-order valence-corrected chi connectivity index (χ0v) is 12.4. The van der Waals surface area contributed by atoms with Gasteiger partial charge in [-0.05, 0) is 26.7 Å². The van der Waals surface area contributed by atoms with Crippen LogP contribution in [0.25, 0.3) is 0 Å². The third-order valence-electron chi connectivity index (χ3n) is 4.12. The van der Waals surface area contributed by atoms with Crippen LogP contribution in [0, 0.1) is 0 Å². The lowest BCUT2D eigenvalue weighted by atomic mass is 10.0. The van der Waals surface area contributed by atoms with E-state index in [-0.39, 0.29) is 0 Å². The van der Waals surface area contributed by atoms with Gasteiger partial charge in [-0.1, -0.05) is 13.8 Å². The molecule has 0 saturated carbocycles. The van der Waals surface area contributed by atoms with Crippen LogP contribution in [-0.2, 0) is 0 Å². The van der Waals surface area contributed by atoms with Crippen molar-refractivity contribution >= 4 is 0 Å². The highest BCUT2D eigenvalue weighted by molar-refractivity contribution is 4.83. The van der Waals surface area contributed by atoms with E-state index in [2.05, 4.69) is 9.80 Å². The first kappa shape index (κ1) is 15.9. The Labute approximate surface area is 112 Å². The van der Waals surface area contributed by atoms with Gasteiger partial charge in [0, 0.05) is 39.3 Å². The maximum Gasteiger partial charge on any atom is 0.0743 e. The summed E-state index contributed by atoms with van der Waals surface area (Å²) in [6, 6.07) is 0. The summed E-state index contributed by atoms with van der Waals surface area (Å²) in [6.45, 7) is 13.3. The van der Waals surface area contributed by atoms with Gasteiger partial charge < -0.3 is 10.2 Å². The molecule has 0 radical (unpaired) electrons. The smallest absolute Gasteiger partial charge is 0.0743 e. The summed E-state index contributed by atoms with van der Waals surface area (Å²) in [5.74, 6) is 0. The molecule has 2 atom stereocenters. The fraction of sp³-hybridized carbons (Fsp3) is 1.00. The monoisotopic (exact) mass is 258 g/mol. The van der Waals surface area contributed by atoms with E-state index < -0.39 is 11.2 Å². The predicted octanol–water partition coefficient (Wildman–Crippen LogP) is 0.926. The van der Waals surface area contributed by atoms with E-state index in [1.165, 1.54) is 0 Å². The molecule has 2 N–H and O–H groups in total. The summed E-state index contributed by atoms with van der Waals surface area (Å²) in [7, 11) is 0. The molecule has 1 rings (SSSR count). The highest BCUT2D eigenvalue weighted by Crippen LogP contribution is 2.15. The normalized spacial score (nSPS) is 25.7. The molecule has 0 aromatic rings. The Balaban J connectivity index is 2.33. The Kier molecular flexibility index (Phi) is 5.59. The average molecular weight is 258 g/mol. The number of hydrogen-bond acceptors (Lipinski definition) is 4. The van der Waals surface area contributed by atoms with Gasteiger partial charge in [-0.3, -0.25) is 9.80 Å². The summed E-state index contributed by atoms with van der Waals surface area (Å²) in [6.07, 6.45) is 1.58. The lowest BCUT2D eigenvalue weighted by molar-refractivity contribution is -0.0216. The standard InChI is InChI=1S/C14H30N2O2/c1-5-13(3,17)11-15-7-9-16(10-8-15)12-14(4,18)6-2/h17-18H,5-12H2,1-4H3. The third kappa shape index (κ3) is 5.22. The van der Waals surface area contributed by atoms with Crippen molar-refractivity contribution in [3.63, 3.8) is 0 Å². The summed E-state index contributed by atoms with van der Waals surface area (Å²) in [5, 5.41) is 20.1. The lowest BCUT2D eigenvalue weighted by Gasteiger charge is -2.40. The van der Waals surface area contributed by atoms with Gasteiger partial charge in [0.1, 0.15) is 0 Å². The third-order valence-corrected chi connectivity index (χ3v) is 4.12. The van der Waals surface area contributed by atoms with Crippen LogP contribution in [0.4, 0.5) is 0 Å². The highest BCUT2D eigenvalue weighted by Gasteiger charge is 2.27. The number of piperazine rings is 1. The van der Waals surface area contributed by atoms with Crippen molar-refractivity contribution in [3.05, 3.63) is 0 Å². The number of β-amino-alcohol motifs (C(OH)–C–C–N with tert-alkyl or cyclic N) is 2. The molecule has 1 fully saturated rings. The van der Waals surface area contributed by atoms with Gasteiger partial charge >= 0.3 is 0 Å². The second-order valence-electron chi connectivity index (χ2n) is 6.25. The minimum Gasteiger partial charge on any atom is -0.389 e. The number of rotatable bonds is 6. The Morgan fingerprint density at radius 3 is 1.28 bits per heavy atom. The van der Waals surface area contributed by atoms with Crippen LogP contribution in [-0.4, -0.2) is 70.5 Å². The molecular formula is C14H30N2O2. The van der Waals surface area contributed by atoms with E-state index in [1.807, 2.05) is 27.7 Å². The SMILES string of the molecule is CCC(C)(O)CN1CCN(CC(C)(O)CC)CC1. The van der Waals surface area contributed by atoms with E-state index in [0.717, 1.165) is 52.1 Å². The molecule has 1 aliphatic heterocycles. The van der Waals surface area contributed by atoms with E-state index in [1.54, 1.807) is 0 Å². The maximum atomic E-state index is 10.1. The molecule has 0 aliphatic carbocycles. The summed E-state index contributed by atoms with van der Waals surface area (Å²) in [5.41, 5.74) is -1.14. The van der Waals surface area contributed by atoms with E-state index in [9.17, 15) is 10.2 Å². The van der Waals surface area contributed by atoms with Crippen molar-refractivity contribution in [3.8, 4) is 0 Å². The van der Waals surface area contributed by atoms with Crippen molar-refractivity contribution in [1.82, 2.24) is 9.80 Å². The molecule has 108 valence electrons. The molecule has 4 heteroatoms. The van der Waals surface area contributed by atoms with Crippen LogP contribution in [0.3, 0.4) is 0 Å². The Hall–Kier alpha value is -0.160. The zero-order chi connectivity index (χ0) is 13.8. The first-order valence-corrected chi connectivity index (χ1v) is 7.17. The number of aliphatic hydroxyl groups is 2. The van der Waals surface area contributed by atoms with Gasteiger partial charge in [0.2, 0.25) is 0 Å². The molecule has 2 unspecified atom stereocenters. The Morgan fingerprint density at radius 1 is 0.778 bits per heavy atom. The van der Waals surface area contributed by atoms with Crippen LogP contribution < -0.4 is 0 Å². The zero-order valence-electron chi connectivity index (χ0n) is 12.4. The molecule has 4 nitrogen and oxygen atoms in total. The summed E-state index contributed by atoms with van der Waals surface area (Å²) >= 11 is 0. The molecule has 1 saturated heterocycles. The van der Waals surface area contributed by atoms with Crippen molar-refractivity contribution in [2.24, 2.45) is 0 Å². The van der Waals surface area contributed by atoms with Gasteiger partial charge in [0.25, 0.3) is 0 Å². The van der Waals surface area contributed by atoms with E-state index in [0.29, 0.717) is 0 Å².